The number of rotatable bonds is 2. The fourth-order valence-electron chi connectivity index (χ4n) is 1.48. The SMILES string of the molecule is Clc1nccc(N[C@@H]2CCCOC2)n1. The van der Waals surface area contributed by atoms with Crippen molar-refractivity contribution in [3.63, 3.8) is 0 Å². The van der Waals surface area contributed by atoms with Crippen LogP contribution in [0.3, 0.4) is 0 Å². The minimum atomic E-state index is 0.270. The Morgan fingerprint density at radius 2 is 2.50 bits per heavy atom. The van der Waals surface area contributed by atoms with Crippen LogP contribution in [0.2, 0.25) is 5.28 Å². The molecule has 0 bridgehead atoms. The molecule has 1 aliphatic heterocycles. The van der Waals surface area contributed by atoms with Gasteiger partial charge in [0.2, 0.25) is 5.28 Å². The Bertz CT molecular complexity index is 302. The van der Waals surface area contributed by atoms with E-state index < -0.39 is 0 Å². The molecule has 0 amide bonds. The summed E-state index contributed by atoms with van der Waals surface area (Å²) >= 11 is 5.67. The molecule has 2 heterocycles. The average Bonchev–Trinajstić information content (AvgIpc) is 2.19. The van der Waals surface area contributed by atoms with Crippen LogP contribution in [-0.2, 0) is 4.74 Å². The first-order valence-electron chi connectivity index (χ1n) is 4.67. The van der Waals surface area contributed by atoms with Gasteiger partial charge in [-0.05, 0) is 30.5 Å². The normalized spacial score (nSPS) is 21.9. The largest absolute Gasteiger partial charge is 0.379 e. The van der Waals surface area contributed by atoms with Gasteiger partial charge in [0, 0.05) is 12.8 Å². The maximum absolute atomic E-state index is 5.67. The summed E-state index contributed by atoms with van der Waals surface area (Å²) in [6, 6.07) is 2.15. The average molecular weight is 214 g/mol. The molecule has 14 heavy (non-hydrogen) atoms. The molecule has 0 aliphatic carbocycles. The fraction of sp³-hybridized carbons (Fsp3) is 0.556. The van der Waals surface area contributed by atoms with Gasteiger partial charge in [-0.1, -0.05) is 0 Å². The Morgan fingerprint density at radius 1 is 1.57 bits per heavy atom. The second kappa shape index (κ2) is 4.57. The Balaban J connectivity index is 1.95. The van der Waals surface area contributed by atoms with E-state index >= 15 is 0 Å². The first kappa shape index (κ1) is 9.68. The topological polar surface area (TPSA) is 47.0 Å². The number of aromatic nitrogens is 2. The summed E-state index contributed by atoms with van der Waals surface area (Å²) in [5, 5.41) is 3.53. The quantitative estimate of drug-likeness (QED) is 0.760. The van der Waals surface area contributed by atoms with Crippen molar-refractivity contribution < 1.29 is 4.74 Å². The van der Waals surface area contributed by atoms with Gasteiger partial charge in [0.15, 0.2) is 0 Å². The lowest BCUT2D eigenvalue weighted by Gasteiger charge is -2.23. The predicted molar refractivity (Wildman–Crippen MR) is 54.5 cm³/mol. The first-order valence-corrected chi connectivity index (χ1v) is 5.05. The zero-order valence-corrected chi connectivity index (χ0v) is 8.50. The Morgan fingerprint density at radius 3 is 3.21 bits per heavy atom. The van der Waals surface area contributed by atoms with Crippen LogP contribution in [0, 0.1) is 0 Å². The van der Waals surface area contributed by atoms with Gasteiger partial charge >= 0.3 is 0 Å². The number of nitrogens with zero attached hydrogens (tertiary/aromatic N) is 2. The summed E-state index contributed by atoms with van der Waals surface area (Å²) in [6.45, 7) is 1.60. The molecule has 1 N–H and O–H groups in total. The van der Waals surface area contributed by atoms with E-state index in [1.54, 1.807) is 12.3 Å². The molecule has 0 saturated carbocycles. The summed E-state index contributed by atoms with van der Waals surface area (Å²) in [5.74, 6) is 0.764. The van der Waals surface area contributed by atoms with Crippen molar-refractivity contribution >= 4 is 17.4 Å². The minimum Gasteiger partial charge on any atom is -0.379 e. The second-order valence-electron chi connectivity index (χ2n) is 3.27. The zero-order chi connectivity index (χ0) is 9.80. The molecule has 1 aliphatic rings. The molecule has 0 aromatic carbocycles. The monoisotopic (exact) mass is 213 g/mol. The molecule has 1 fully saturated rings. The lowest BCUT2D eigenvalue weighted by molar-refractivity contribution is 0.0875. The van der Waals surface area contributed by atoms with Crippen molar-refractivity contribution in [3.8, 4) is 0 Å². The van der Waals surface area contributed by atoms with Gasteiger partial charge in [-0.25, -0.2) is 9.97 Å². The predicted octanol–water partition coefficient (Wildman–Crippen LogP) is 1.72. The summed E-state index contributed by atoms with van der Waals surface area (Å²) in [4.78, 5) is 7.87. The first-order chi connectivity index (χ1) is 6.84. The van der Waals surface area contributed by atoms with Gasteiger partial charge in [-0.2, -0.15) is 0 Å². The highest BCUT2D eigenvalue weighted by molar-refractivity contribution is 6.28. The summed E-state index contributed by atoms with van der Waals surface area (Å²) in [5.41, 5.74) is 0. The summed E-state index contributed by atoms with van der Waals surface area (Å²) in [6.07, 6.45) is 3.85. The Labute approximate surface area is 87.7 Å². The highest BCUT2D eigenvalue weighted by Crippen LogP contribution is 2.13. The number of halogens is 1. The fourth-order valence-corrected chi connectivity index (χ4v) is 1.63. The van der Waals surface area contributed by atoms with Crippen LogP contribution < -0.4 is 5.32 Å². The lowest BCUT2D eigenvalue weighted by Crippen LogP contribution is -2.30. The van der Waals surface area contributed by atoms with Crippen molar-refractivity contribution in [1.82, 2.24) is 9.97 Å². The molecule has 5 heteroatoms. The van der Waals surface area contributed by atoms with E-state index in [0.717, 1.165) is 31.9 Å². The molecule has 2 rings (SSSR count). The van der Waals surface area contributed by atoms with Crippen LogP contribution in [0.25, 0.3) is 0 Å². The van der Waals surface area contributed by atoms with E-state index in [4.69, 9.17) is 16.3 Å². The van der Waals surface area contributed by atoms with Crippen LogP contribution in [0.15, 0.2) is 12.3 Å². The van der Waals surface area contributed by atoms with Crippen LogP contribution >= 0.6 is 11.6 Å². The molecule has 1 aromatic rings. The third kappa shape index (κ3) is 2.56. The van der Waals surface area contributed by atoms with Gasteiger partial charge in [0.1, 0.15) is 5.82 Å². The standard InChI is InChI=1S/C9H12ClN3O/c10-9-11-4-3-8(13-9)12-7-2-1-5-14-6-7/h3-4,7H,1-2,5-6H2,(H,11,12,13)/t7-/m1/s1. The molecule has 76 valence electrons. The Kier molecular flexibility index (Phi) is 3.16. The van der Waals surface area contributed by atoms with Crippen molar-refractivity contribution in [3.05, 3.63) is 17.5 Å². The molecule has 0 radical (unpaired) electrons. The maximum Gasteiger partial charge on any atom is 0.224 e. The van der Waals surface area contributed by atoms with Gasteiger partial charge in [-0.15, -0.1) is 0 Å². The zero-order valence-electron chi connectivity index (χ0n) is 7.74. The van der Waals surface area contributed by atoms with Crippen LogP contribution in [-0.4, -0.2) is 29.2 Å². The molecule has 0 spiro atoms. The summed E-state index contributed by atoms with van der Waals surface area (Å²) in [7, 11) is 0. The van der Waals surface area contributed by atoms with Crippen LogP contribution in [0.5, 0.6) is 0 Å². The molecule has 4 nitrogen and oxygen atoms in total. The summed E-state index contributed by atoms with van der Waals surface area (Å²) < 4.78 is 5.35. The maximum atomic E-state index is 5.67. The van der Waals surface area contributed by atoms with Gasteiger partial charge in [0.05, 0.1) is 12.6 Å². The number of ether oxygens (including phenoxy) is 1. The third-order valence-corrected chi connectivity index (χ3v) is 2.32. The lowest BCUT2D eigenvalue weighted by atomic mass is 10.1. The third-order valence-electron chi connectivity index (χ3n) is 2.14. The van der Waals surface area contributed by atoms with Gasteiger partial charge in [0.25, 0.3) is 0 Å². The van der Waals surface area contributed by atoms with Crippen molar-refractivity contribution in [2.75, 3.05) is 18.5 Å². The van der Waals surface area contributed by atoms with E-state index in [2.05, 4.69) is 15.3 Å². The smallest absolute Gasteiger partial charge is 0.224 e. The minimum absolute atomic E-state index is 0.270. The highest BCUT2D eigenvalue weighted by atomic mass is 35.5. The van der Waals surface area contributed by atoms with Gasteiger partial charge in [-0.3, -0.25) is 0 Å². The Hall–Kier alpha value is -0.870. The van der Waals surface area contributed by atoms with E-state index in [-0.39, 0.29) is 5.28 Å². The number of hydrogen-bond acceptors (Lipinski definition) is 4. The van der Waals surface area contributed by atoms with Crippen molar-refractivity contribution in [1.29, 1.82) is 0 Å². The van der Waals surface area contributed by atoms with Crippen LogP contribution in [0.1, 0.15) is 12.8 Å². The molecule has 1 atom stereocenters. The molecular formula is C9H12ClN3O. The van der Waals surface area contributed by atoms with E-state index in [0.29, 0.717) is 6.04 Å². The van der Waals surface area contributed by atoms with Crippen LogP contribution in [0.4, 0.5) is 5.82 Å². The molecule has 1 saturated heterocycles. The van der Waals surface area contributed by atoms with Crippen molar-refractivity contribution in [2.24, 2.45) is 0 Å². The second-order valence-corrected chi connectivity index (χ2v) is 3.61. The molecule has 1 aromatic heterocycles. The van der Waals surface area contributed by atoms with E-state index in [1.807, 2.05) is 0 Å². The molecule has 0 unspecified atom stereocenters. The molecular weight excluding hydrogens is 202 g/mol. The van der Waals surface area contributed by atoms with E-state index in [1.165, 1.54) is 0 Å². The number of anilines is 1. The number of hydrogen-bond donors (Lipinski definition) is 1. The van der Waals surface area contributed by atoms with E-state index in [9.17, 15) is 0 Å². The van der Waals surface area contributed by atoms with Crippen molar-refractivity contribution in [2.45, 2.75) is 18.9 Å². The highest BCUT2D eigenvalue weighted by Gasteiger charge is 2.13. The van der Waals surface area contributed by atoms with Gasteiger partial charge < -0.3 is 10.1 Å². The number of nitrogens with one attached hydrogen (secondary N) is 1.